The SMILES string of the molecule is CNCCCCC(OC(=O)C(Cc1ccccc1)NC(=O)C(Cc1ccccc1)NC(=O)OCC1c2ccccc2-c2ccccc21)C(=O)COC(=O)c1c(C)cccc1C. The number of hydrogen-bond acceptors (Lipinski definition) is 9. The molecule has 11 nitrogen and oxygen atoms in total. The minimum atomic E-state index is -1.25. The summed E-state index contributed by atoms with van der Waals surface area (Å²) in [5, 5.41) is 8.66. The van der Waals surface area contributed by atoms with Crippen LogP contribution in [0.5, 0.6) is 0 Å². The smallest absolute Gasteiger partial charge is 0.407 e. The maximum atomic E-state index is 14.3. The molecule has 61 heavy (non-hydrogen) atoms. The maximum absolute atomic E-state index is 14.3. The van der Waals surface area contributed by atoms with Crippen LogP contribution in [0.15, 0.2) is 127 Å². The Morgan fingerprint density at radius 1 is 0.623 bits per heavy atom. The number of fused-ring (bicyclic) bond motifs is 3. The first-order valence-corrected chi connectivity index (χ1v) is 20.7. The molecule has 0 saturated heterocycles. The van der Waals surface area contributed by atoms with Crippen molar-refractivity contribution in [2.45, 2.75) is 70.1 Å². The molecular formula is C50H53N3O8. The van der Waals surface area contributed by atoms with Gasteiger partial charge < -0.3 is 30.2 Å². The number of esters is 2. The zero-order valence-electron chi connectivity index (χ0n) is 34.9. The predicted molar refractivity (Wildman–Crippen MR) is 233 cm³/mol. The summed E-state index contributed by atoms with van der Waals surface area (Å²) in [6, 6.07) is 37.3. The van der Waals surface area contributed by atoms with Gasteiger partial charge >= 0.3 is 18.0 Å². The number of ether oxygens (including phenoxy) is 3. The highest BCUT2D eigenvalue weighted by molar-refractivity contribution is 5.96. The van der Waals surface area contributed by atoms with Crippen LogP contribution >= 0.6 is 0 Å². The second-order valence-electron chi connectivity index (χ2n) is 15.3. The number of carbonyl (C=O) groups excluding carboxylic acids is 5. The number of ketones is 1. The molecule has 0 aliphatic heterocycles. The zero-order valence-corrected chi connectivity index (χ0v) is 34.9. The summed E-state index contributed by atoms with van der Waals surface area (Å²) in [6.07, 6.45) is -0.480. The lowest BCUT2D eigenvalue weighted by molar-refractivity contribution is -0.159. The molecule has 0 radical (unpaired) electrons. The average Bonchev–Trinajstić information content (AvgIpc) is 3.59. The average molecular weight is 824 g/mol. The molecule has 3 atom stereocenters. The molecule has 0 bridgehead atoms. The molecular weight excluding hydrogens is 771 g/mol. The Bertz CT molecular complexity index is 2230. The minimum Gasteiger partial charge on any atom is -0.454 e. The maximum Gasteiger partial charge on any atom is 0.407 e. The van der Waals surface area contributed by atoms with Crippen molar-refractivity contribution >= 4 is 29.7 Å². The van der Waals surface area contributed by atoms with Gasteiger partial charge in [0, 0.05) is 18.8 Å². The van der Waals surface area contributed by atoms with Crippen molar-refractivity contribution in [3.63, 3.8) is 0 Å². The number of Topliss-reactive ketones (excluding diaryl/α,β-unsaturated/α-hetero) is 1. The number of hydrogen-bond donors (Lipinski definition) is 3. The molecule has 3 unspecified atom stereocenters. The first-order chi connectivity index (χ1) is 29.6. The van der Waals surface area contributed by atoms with Gasteiger partial charge in [-0.05, 0) is 91.2 Å². The second-order valence-corrected chi connectivity index (χ2v) is 15.3. The fourth-order valence-corrected chi connectivity index (χ4v) is 7.73. The second kappa shape index (κ2) is 21.6. The Labute approximate surface area is 357 Å². The number of benzene rings is 5. The Morgan fingerprint density at radius 3 is 1.77 bits per heavy atom. The first kappa shape index (κ1) is 44.0. The molecule has 0 fully saturated rings. The van der Waals surface area contributed by atoms with Crippen LogP contribution in [0.25, 0.3) is 11.1 Å². The summed E-state index contributed by atoms with van der Waals surface area (Å²) in [6.45, 7) is 3.71. The number of unbranched alkanes of at least 4 members (excludes halogenated alkanes) is 1. The van der Waals surface area contributed by atoms with Gasteiger partial charge in [-0.25, -0.2) is 14.4 Å². The van der Waals surface area contributed by atoms with Gasteiger partial charge in [-0.3, -0.25) is 9.59 Å². The van der Waals surface area contributed by atoms with Crippen molar-refractivity contribution in [2.24, 2.45) is 0 Å². The van der Waals surface area contributed by atoms with Gasteiger partial charge in [0.1, 0.15) is 18.7 Å². The highest BCUT2D eigenvalue weighted by Crippen LogP contribution is 2.44. The standard InChI is InChI=1S/C50H53N3O8/c1-33-17-16-18-34(2)46(33)49(57)59-32-44(54)45(27-14-15-28-51-3)61-48(56)43(30-36-21-8-5-9-22-36)52-47(55)42(29-35-19-6-4-7-20-35)53-50(58)60-31-41-39-25-12-10-23-37(39)38-24-11-13-26-40(38)41/h4-13,16-26,41-43,45,51H,14-15,27-32H2,1-3H3,(H,52,55)(H,53,58). The van der Waals surface area contributed by atoms with E-state index in [4.69, 9.17) is 14.2 Å². The monoisotopic (exact) mass is 823 g/mol. The van der Waals surface area contributed by atoms with Gasteiger partial charge in [-0.2, -0.15) is 0 Å². The lowest BCUT2D eigenvalue weighted by Crippen LogP contribution is -2.54. The van der Waals surface area contributed by atoms with Crippen LogP contribution in [0.4, 0.5) is 4.79 Å². The van der Waals surface area contributed by atoms with Crippen LogP contribution in [-0.2, 0) is 41.4 Å². The topological polar surface area (TPSA) is 149 Å². The lowest BCUT2D eigenvalue weighted by Gasteiger charge is -2.25. The molecule has 5 aromatic carbocycles. The first-order valence-electron chi connectivity index (χ1n) is 20.7. The Balaban J connectivity index is 1.18. The van der Waals surface area contributed by atoms with E-state index < -0.39 is 54.5 Å². The quantitative estimate of drug-likeness (QED) is 0.0421. The van der Waals surface area contributed by atoms with Crippen molar-refractivity contribution < 1.29 is 38.2 Å². The van der Waals surface area contributed by atoms with Crippen LogP contribution < -0.4 is 16.0 Å². The summed E-state index contributed by atoms with van der Waals surface area (Å²) in [5.74, 6) is -2.90. The van der Waals surface area contributed by atoms with Crippen LogP contribution in [0.2, 0.25) is 0 Å². The molecule has 6 rings (SSSR count). The molecule has 1 aliphatic carbocycles. The van der Waals surface area contributed by atoms with Gasteiger partial charge in [-0.1, -0.05) is 127 Å². The van der Waals surface area contributed by atoms with Crippen molar-refractivity contribution in [1.82, 2.24) is 16.0 Å². The van der Waals surface area contributed by atoms with Crippen LogP contribution in [-0.4, -0.2) is 74.7 Å². The van der Waals surface area contributed by atoms with E-state index in [1.165, 1.54) is 0 Å². The van der Waals surface area contributed by atoms with Crippen molar-refractivity contribution in [3.8, 4) is 11.1 Å². The van der Waals surface area contributed by atoms with E-state index in [1.807, 2.05) is 110 Å². The summed E-state index contributed by atoms with van der Waals surface area (Å²) < 4.78 is 17.2. The summed E-state index contributed by atoms with van der Waals surface area (Å²) >= 11 is 0. The van der Waals surface area contributed by atoms with Crippen LogP contribution in [0.3, 0.4) is 0 Å². The Kier molecular flexibility index (Phi) is 15.6. The van der Waals surface area contributed by atoms with Gasteiger partial charge in [-0.15, -0.1) is 0 Å². The van der Waals surface area contributed by atoms with Crippen LogP contribution in [0, 0.1) is 13.8 Å². The molecule has 1 aliphatic rings. The van der Waals surface area contributed by atoms with Crippen molar-refractivity contribution in [1.29, 1.82) is 0 Å². The third kappa shape index (κ3) is 11.8. The molecule has 0 aromatic heterocycles. The predicted octanol–water partition coefficient (Wildman–Crippen LogP) is 7.21. The summed E-state index contributed by atoms with van der Waals surface area (Å²) in [5.41, 5.74) is 7.58. The highest BCUT2D eigenvalue weighted by atomic mass is 16.6. The van der Waals surface area contributed by atoms with E-state index in [9.17, 15) is 24.0 Å². The number of carbonyl (C=O) groups is 5. The minimum absolute atomic E-state index is 0.0383. The molecule has 0 heterocycles. The summed E-state index contributed by atoms with van der Waals surface area (Å²) in [7, 11) is 1.82. The molecule has 3 N–H and O–H groups in total. The number of nitrogens with one attached hydrogen (secondary N) is 3. The molecule has 5 aromatic rings. The van der Waals surface area contributed by atoms with E-state index in [0.717, 1.165) is 33.4 Å². The van der Waals surface area contributed by atoms with Gasteiger partial charge in [0.05, 0.1) is 5.56 Å². The Morgan fingerprint density at radius 2 is 1.18 bits per heavy atom. The third-order valence-corrected chi connectivity index (χ3v) is 10.9. The fourth-order valence-electron chi connectivity index (χ4n) is 7.73. The number of rotatable bonds is 20. The molecule has 0 spiro atoms. The zero-order chi connectivity index (χ0) is 43.1. The molecule has 316 valence electrons. The van der Waals surface area contributed by atoms with E-state index in [0.29, 0.717) is 36.1 Å². The number of amides is 2. The van der Waals surface area contributed by atoms with Gasteiger partial charge in [0.2, 0.25) is 11.7 Å². The van der Waals surface area contributed by atoms with E-state index in [-0.39, 0.29) is 31.8 Å². The van der Waals surface area contributed by atoms with E-state index in [1.54, 1.807) is 26.0 Å². The van der Waals surface area contributed by atoms with Crippen molar-refractivity contribution in [2.75, 3.05) is 26.8 Å². The number of alkyl carbamates (subject to hydrolysis) is 1. The Hall–Kier alpha value is -6.59. The third-order valence-electron chi connectivity index (χ3n) is 10.9. The van der Waals surface area contributed by atoms with Gasteiger partial charge in [0.25, 0.3) is 0 Å². The van der Waals surface area contributed by atoms with E-state index in [2.05, 4.69) is 28.1 Å². The largest absolute Gasteiger partial charge is 0.454 e. The molecule has 2 amide bonds. The van der Waals surface area contributed by atoms with E-state index >= 15 is 0 Å². The van der Waals surface area contributed by atoms with Gasteiger partial charge in [0.15, 0.2) is 12.7 Å². The highest BCUT2D eigenvalue weighted by Gasteiger charge is 2.33. The fraction of sp³-hybridized carbons (Fsp3) is 0.300. The normalized spacial score (nSPS) is 13.2. The molecule has 0 saturated carbocycles. The lowest BCUT2D eigenvalue weighted by atomic mass is 9.98. The van der Waals surface area contributed by atoms with Crippen molar-refractivity contribution in [3.05, 3.63) is 166 Å². The molecule has 11 heteroatoms. The number of aryl methyl sites for hydroxylation is 2. The van der Waals surface area contributed by atoms with Crippen LogP contribution in [0.1, 0.15) is 68.9 Å². The summed E-state index contributed by atoms with van der Waals surface area (Å²) in [4.78, 5) is 68.7.